The number of hydrogen-bond acceptors (Lipinski definition) is 2. The van der Waals surface area contributed by atoms with Gasteiger partial charge >= 0.3 is 5.97 Å². The minimum Gasteiger partial charge on any atom is -0.462 e. The lowest BCUT2D eigenvalue weighted by molar-refractivity contribution is -0.138. The van der Waals surface area contributed by atoms with Crippen molar-refractivity contribution in [2.45, 2.75) is 20.3 Å². The maximum atomic E-state index is 11.6. The normalized spacial score (nSPS) is 9.12. The number of rotatable bonds is 4. The Morgan fingerprint density at radius 3 is 2.62 bits per heavy atom. The van der Waals surface area contributed by atoms with E-state index in [0.717, 1.165) is 5.56 Å². The Morgan fingerprint density at radius 2 is 2.06 bits per heavy atom. The average molecular weight is 216 g/mol. The lowest BCUT2D eigenvalue weighted by atomic mass is 10.1. The molecule has 0 bridgehead atoms. The molecule has 0 atom stereocenters. The van der Waals surface area contributed by atoms with Crippen LogP contribution in [0.4, 0.5) is 0 Å². The third-order valence-corrected chi connectivity index (χ3v) is 2.06. The molecule has 84 valence electrons. The van der Waals surface area contributed by atoms with Crippen molar-refractivity contribution in [2.24, 2.45) is 0 Å². The highest BCUT2D eigenvalue weighted by Crippen LogP contribution is 2.08. The van der Waals surface area contributed by atoms with E-state index in [1.807, 2.05) is 37.3 Å². The van der Waals surface area contributed by atoms with E-state index in [9.17, 15) is 4.79 Å². The van der Waals surface area contributed by atoms with E-state index < -0.39 is 0 Å². The van der Waals surface area contributed by atoms with Crippen LogP contribution < -0.4 is 0 Å². The van der Waals surface area contributed by atoms with Crippen LogP contribution in [0, 0.1) is 0 Å². The molecule has 1 aromatic carbocycles. The van der Waals surface area contributed by atoms with Crippen molar-refractivity contribution in [3.63, 3.8) is 0 Å². The molecule has 0 saturated heterocycles. The summed E-state index contributed by atoms with van der Waals surface area (Å²) < 4.78 is 4.97. The van der Waals surface area contributed by atoms with Crippen molar-refractivity contribution in [3.05, 3.63) is 53.3 Å². The molecule has 0 aliphatic carbocycles. The van der Waals surface area contributed by atoms with Gasteiger partial charge in [0.05, 0.1) is 12.2 Å². The third kappa shape index (κ3) is 3.76. The maximum Gasteiger partial charge on any atom is 0.342 e. The van der Waals surface area contributed by atoms with E-state index in [-0.39, 0.29) is 5.97 Å². The number of benzene rings is 1. The van der Waals surface area contributed by atoms with Crippen LogP contribution in [0.25, 0.3) is 0 Å². The fraction of sp³-hybridized carbons (Fsp3) is 0.286. The Kier molecular flexibility index (Phi) is 5.10. The van der Waals surface area contributed by atoms with Crippen molar-refractivity contribution in [3.8, 4) is 0 Å². The molecule has 0 aromatic heterocycles. The van der Waals surface area contributed by atoms with Gasteiger partial charge in [-0.1, -0.05) is 30.3 Å². The van der Waals surface area contributed by atoms with E-state index in [0.29, 0.717) is 18.6 Å². The van der Waals surface area contributed by atoms with Gasteiger partial charge in [0.25, 0.3) is 0 Å². The van der Waals surface area contributed by atoms with E-state index in [1.165, 1.54) is 0 Å². The fourth-order valence-electron chi connectivity index (χ4n) is 1.37. The van der Waals surface area contributed by atoms with Crippen LogP contribution >= 0.6 is 0 Å². The van der Waals surface area contributed by atoms with Gasteiger partial charge in [-0.15, -0.1) is 5.73 Å². The number of hydrogen-bond donors (Lipinski definition) is 0. The minimum atomic E-state index is -0.288. The first kappa shape index (κ1) is 12.3. The van der Waals surface area contributed by atoms with Crippen LogP contribution in [0.5, 0.6) is 0 Å². The summed E-state index contributed by atoms with van der Waals surface area (Å²) in [7, 11) is 0. The second kappa shape index (κ2) is 6.65. The second-order valence-electron chi connectivity index (χ2n) is 3.29. The van der Waals surface area contributed by atoms with Crippen LogP contribution in [-0.4, -0.2) is 12.6 Å². The van der Waals surface area contributed by atoms with Gasteiger partial charge in [-0.25, -0.2) is 4.79 Å². The number of esters is 1. The second-order valence-corrected chi connectivity index (χ2v) is 3.29. The van der Waals surface area contributed by atoms with Crippen LogP contribution in [0.3, 0.4) is 0 Å². The van der Waals surface area contributed by atoms with E-state index in [1.54, 1.807) is 13.0 Å². The topological polar surface area (TPSA) is 26.3 Å². The lowest BCUT2D eigenvalue weighted by Crippen LogP contribution is -2.09. The van der Waals surface area contributed by atoms with Crippen molar-refractivity contribution in [2.75, 3.05) is 6.61 Å². The molecule has 0 fully saturated rings. The zero-order valence-electron chi connectivity index (χ0n) is 9.69. The minimum absolute atomic E-state index is 0.288. The Balaban J connectivity index is 2.82. The Labute approximate surface area is 96.2 Å². The van der Waals surface area contributed by atoms with Gasteiger partial charge in [0.1, 0.15) is 0 Å². The van der Waals surface area contributed by atoms with Gasteiger partial charge in [0, 0.05) is 6.42 Å². The van der Waals surface area contributed by atoms with E-state index in [2.05, 4.69) is 5.73 Å². The van der Waals surface area contributed by atoms with Crippen molar-refractivity contribution < 1.29 is 9.53 Å². The van der Waals surface area contributed by atoms with E-state index >= 15 is 0 Å². The Hall–Kier alpha value is -1.79. The van der Waals surface area contributed by atoms with E-state index in [4.69, 9.17) is 4.74 Å². The summed E-state index contributed by atoms with van der Waals surface area (Å²) >= 11 is 0. The number of ether oxygens (including phenoxy) is 1. The first-order valence-corrected chi connectivity index (χ1v) is 5.39. The van der Waals surface area contributed by atoms with Crippen LogP contribution in [0.2, 0.25) is 0 Å². The monoisotopic (exact) mass is 216 g/mol. The molecule has 0 heterocycles. The molecule has 0 amide bonds. The molecule has 16 heavy (non-hydrogen) atoms. The van der Waals surface area contributed by atoms with Gasteiger partial charge in [0.15, 0.2) is 0 Å². The van der Waals surface area contributed by atoms with Crippen molar-refractivity contribution in [1.29, 1.82) is 0 Å². The van der Waals surface area contributed by atoms with Crippen LogP contribution in [0.15, 0.2) is 47.7 Å². The van der Waals surface area contributed by atoms with Gasteiger partial charge in [-0.2, -0.15) is 0 Å². The first-order chi connectivity index (χ1) is 7.77. The summed E-state index contributed by atoms with van der Waals surface area (Å²) in [5.74, 6) is -0.288. The van der Waals surface area contributed by atoms with Crippen molar-refractivity contribution in [1.82, 2.24) is 0 Å². The summed E-state index contributed by atoms with van der Waals surface area (Å²) in [6.07, 6.45) is 2.29. The third-order valence-electron chi connectivity index (χ3n) is 2.06. The maximum absolute atomic E-state index is 11.6. The summed E-state index contributed by atoms with van der Waals surface area (Å²) in [6.45, 7) is 4.03. The molecule has 0 spiro atoms. The standard InChI is InChI=1S/C14H16O2/c1-3-8-13(14(15)16-4-2)11-12-9-6-5-7-10-12/h3,5-7,9-10H,4,11H2,1-2H3. The predicted octanol–water partition coefficient (Wildman–Crippen LogP) is 2.89. The number of carbonyl (C=O) groups is 1. The molecule has 1 rings (SSSR count). The summed E-state index contributed by atoms with van der Waals surface area (Å²) in [5, 5.41) is 0. The quantitative estimate of drug-likeness (QED) is 0.439. The molecule has 0 aliphatic rings. The summed E-state index contributed by atoms with van der Waals surface area (Å²) in [5.41, 5.74) is 4.58. The van der Waals surface area contributed by atoms with Crippen LogP contribution in [-0.2, 0) is 16.0 Å². The summed E-state index contributed by atoms with van der Waals surface area (Å²) in [4.78, 5) is 11.6. The SMILES string of the molecule is CC=C=C(Cc1ccccc1)C(=O)OCC. The van der Waals surface area contributed by atoms with Gasteiger partial charge in [-0.3, -0.25) is 0 Å². The first-order valence-electron chi connectivity index (χ1n) is 5.39. The predicted molar refractivity (Wildman–Crippen MR) is 64.0 cm³/mol. The highest BCUT2D eigenvalue weighted by Gasteiger charge is 2.10. The molecule has 0 aliphatic heterocycles. The highest BCUT2D eigenvalue weighted by molar-refractivity contribution is 5.88. The lowest BCUT2D eigenvalue weighted by Gasteiger charge is -2.04. The number of carbonyl (C=O) groups excluding carboxylic acids is 1. The molecule has 2 heteroatoms. The molecule has 0 saturated carbocycles. The molecular formula is C14H16O2. The highest BCUT2D eigenvalue weighted by atomic mass is 16.5. The molecule has 2 nitrogen and oxygen atoms in total. The van der Waals surface area contributed by atoms with Crippen molar-refractivity contribution >= 4 is 5.97 Å². The van der Waals surface area contributed by atoms with Gasteiger partial charge in [0.2, 0.25) is 0 Å². The molecule has 0 radical (unpaired) electrons. The molecule has 0 N–H and O–H groups in total. The Morgan fingerprint density at radius 1 is 1.38 bits per heavy atom. The Bertz CT molecular complexity index is 398. The molecule has 1 aromatic rings. The molecule has 0 unspecified atom stereocenters. The van der Waals surface area contributed by atoms with Crippen LogP contribution in [0.1, 0.15) is 19.4 Å². The zero-order valence-corrected chi connectivity index (χ0v) is 9.69. The smallest absolute Gasteiger partial charge is 0.342 e. The average Bonchev–Trinajstić information content (AvgIpc) is 2.30. The fourth-order valence-corrected chi connectivity index (χ4v) is 1.37. The summed E-state index contributed by atoms with van der Waals surface area (Å²) in [6, 6.07) is 9.82. The van der Waals surface area contributed by atoms with Gasteiger partial charge in [-0.05, 0) is 25.5 Å². The largest absolute Gasteiger partial charge is 0.462 e. The van der Waals surface area contributed by atoms with Gasteiger partial charge < -0.3 is 4.74 Å². The molecular weight excluding hydrogens is 200 g/mol. The zero-order chi connectivity index (χ0) is 11.8.